The molecule has 0 aromatic carbocycles. The molecule has 0 aromatic rings. The highest BCUT2D eigenvalue weighted by Gasteiger charge is 2.51. The first-order chi connectivity index (χ1) is 12.3. The van der Waals surface area contributed by atoms with Gasteiger partial charge < -0.3 is 9.05 Å². The zero-order chi connectivity index (χ0) is 19.4. The van der Waals surface area contributed by atoms with Crippen molar-refractivity contribution in [2.24, 2.45) is 17.3 Å². The molecular formula is C21H38NO3P. The van der Waals surface area contributed by atoms with Crippen molar-refractivity contribution in [3.05, 3.63) is 23.5 Å². The molecule has 3 rings (SSSR count). The Kier molecular flexibility index (Phi) is 7.73. The molecule has 1 saturated carbocycles. The summed E-state index contributed by atoms with van der Waals surface area (Å²) in [6.07, 6.45) is 7.27. The van der Waals surface area contributed by atoms with E-state index in [9.17, 15) is 4.57 Å². The van der Waals surface area contributed by atoms with Crippen LogP contribution in [0.1, 0.15) is 60.3 Å². The third-order valence-corrected chi connectivity index (χ3v) is 8.32. The molecule has 26 heavy (non-hydrogen) atoms. The summed E-state index contributed by atoms with van der Waals surface area (Å²) in [5.41, 5.74) is 1.99. The molecule has 3 aliphatic rings. The predicted octanol–water partition coefficient (Wildman–Crippen LogP) is 5.86. The summed E-state index contributed by atoms with van der Waals surface area (Å²) < 4.78 is 24.0. The Morgan fingerprint density at radius 2 is 1.96 bits per heavy atom. The van der Waals surface area contributed by atoms with Gasteiger partial charge in [-0.25, -0.2) is 0 Å². The van der Waals surface area contributed by atoms with E-state index in [1.807, 2.05) is 13.8 Å². The monoisotopic (exact) mass is 383 g/mol. The Labute approximate surface area is 160 Å². The van der Waals surface area contributed by atoms with Crippen molar-refractivity contribution in [3.63, 3.8) is 0 Å². The van der Waals surface area contributed by atoms with Crippen LogP contribution in [0, 0.1) is 17.3 Å². The third-order valence-electron chi connectivity index (χ3n) is 6.21. The van der Waals surface area contributed by atoms with Crippen LogP contribution >= 0.6 is 7.60 Å². The molecule has 1 fully saturated rings. The predicted molar refractivity (Wildman–Crippen MR) is 109 cm³/mol. The highest BCUT2D eigenvalue weighted by atomic mass is 31.2. The molecule has 0 N–H and O–H groups in total. The van der Waals surface area contributed by atoms with Crippen LogP contribution < -0.4 is 0 Å². The Morgan fingerprint density at radius 1 is 1.31 bits per heavy atom. The maximum atomic E-state index is 13.0. The first-order valence-electron chi connectivity index (χ1n) is 10.3. The largest absolute Gasteiger partial charge is 0.358 e. The lowest BCUT2D eigenvalue weighted by atomic mass is 9.49. The van der Waals surface area contributed by atoms with Gasteiger partial charge in [0.15, 0.2) is 0 Å². The minimum absolute atomic E-state index is 0.369. The zero-order valence-corrected chi connectivity index (χ0v) is 18.3. The lowest BCUT2D eigenvalue weighted by molar-refractivity contribution is -0.0104. The molecule has 0 amide bonds. The van der Waals surface area contributed by atoms with Crippen LogP contribution in [0.15, 0.2) is 23.5 Å². The fourth-order valence-electron chi connectivity index (χ4n) is 4.41. The molecule has 0 saturated heterocycles. The molecular weight excluding hydrogens is 345 g/mol. The minimum atomic E-state index is -3.24. The van der Waals surface area contributed by atoms with E-state index in [4.69, 9.17) is 9.05 Å². The first-order valence-corrected chi connectivity index (χ1v) is 11.8. The second kappa shape index (κ2) is 9.19. The first kappa shape index (κ1) is 21.9. The van der Waals surface area contributed by atoms with Gasteiger partial charge in [0.25, 0.3) is 0 Å². The number of fused-ring (bicyclic) bond motifs is 1. The van der Waals surface area contributed by atoms with Gasteiger partial charge in [-0.3, -0.25) is 9.46 Å². The van der Waals surface area contributed by atoms with Gasteiger partial charge in [0.2, 0.25) is 0 Å². The van der Waals surface area contributed by atoms with Gasteiger partial charge in [0, 0.05) is 18.4 Å². The van der Waals surface area contributed by atoms with E-state index in [0.29, 0.717) is 36.4 Å². The van der Waals surface area contributed by atoms with Crippen LogP contribution in [0.25, 0.3) is 0 Å². The fourth-order valence-corrected chi connectivity index (χ4v) is 5.91. The normalized spacial score (nSPS) is 24.3. The lowest BCUT2D eigenvalue weighted by Gasteiger charge is -2.57. The van der Waals surface area contributed by atoms with Crippen LogP contribution in [-0.4, -0.2) is 37.7 Å². The third kappa shape index (κ3) is 4.70. The van der Waals surface area contributed by atoms with Gasteiger partial charge in [-0.2, -0.15) is 0 Å². The van der Waals surface area contributed by atoms with Crippen LogP contribution in [-0.2, 0) is 13.6 Å². The van der Waals surface area contributed by atoms with E-state index < -0.39 is 7.60 Å². The van der Waals surface area contributed by atoms with Gasteiger partial charge >= 0.3 is 7.60 Å². The topological polar surface area (TPSA) is 38.8 Å². The van der Waals surface area contributed by atoms with Gasteiger partial charge in [0.05, 0.1) is 13.2 Å². The van der Waals surface area contributed by atoms with Gasteiger partial charge in [-0.15, -0.1) is 0 Å². The Balaban J connectivity index is 2.06. The van der Waals surface area contributed by atoms with E-state index >= 15 is 0 Å². The summed E-state index contributed by atoms with van der Waals surface area (Å²) in [4.78, 5) is 2.39. The lowest BCUT2D eigenvalue weighted by Crippen LogP contribution is -2.50. The van der Waals surface area contributed by atoms with Crippen molar-refractivity contribution in [2.75, 3.05) is 32.8 Å². The molecule has 150 valence electrons. The highest BCUT2D eigenvalue weighted by Crippen LogP contribution is 2.59. The van der Waals surface area contributed by atoms with Crippen molar-refractivity contribution < 1.29 is 13.6 Å². The van der Waals surface area contributed by atoms with Gasteiger partial charge in [0.1, 0.15) is 0 Å². The number of allylic oxidation sites excluding steroid dienone is 1. The van der Waals surface area contributed by atoms with E-state index in [1.54, 1.807) is 5.57 Å². The maximum absolute atomic E-state index is 13.0. The zero-order valence-electron chi connectivity index (χ0n) is 17.4. The summed E-state index contributed by atoms with van der Waals surface area (Å²) in [7, 11) is -3.24. The van der Waals surface area contributed by atoms with Crippen LogP contribution in [0.4, 0.5) is 0 Å². The molecule has 0 aromatic heterocycles. The molecule has 0 unspecified atom stereocenters. The second-order valence-corrected chi connectivity index (χ2v) is 10.4. The number of nitrogens with zero attached hydrogens (tertiary/aromatic N) is 1. The highest BCUT2D eigenvalue weighted by molar-refractivity contribution is 7.58. The number of unbranched alkanes of at least 4 members (excludes halogenated alkanes) is 1. The van der Waals surface area contributed by atoms with E-state index in [1.165, 1.54) is 12.8 Å². The molecule has 2 atom stereocenters. The minimum Gasteiger partial charge on any atom is -0.306 e. The number of hydrogen-bond donors (Lipinski definition) is 0. The second-order valence-electron chi connectivity index (χ2n) is 8.28. The molecule has 0 heterocycles. The molecule has 0 aliphatic heterocycles. The fraction of sp³-hybridized carbons (Fsp3) is 0.810. The van der Waals surface area contributed by atoms with Crippen molar-refractivity contribution >= 4 is 7.60 Å². The Hall–Kier alpha value is -0.410. The van der Waals surface area contributed by atoms with Crippen molar-refractivity contribution in [2.45, 2.75) is 60.3 Å². The Morgan fingerprint density at radius 3 is 2.46 bits per heavy atom. The summed E-state index contributed by atoms with van der Waals surface area (Å²) in [5, 5.41) is 0.583. The molecule has 3 aliphatic carbocycles. The van der Waals surface area contributed by atoms with Crippen molar-refractivity contribution in [1.29, 1.82) is 0 Å². The van der Waals surface area contributed by atoms with Crippen molar-refractivity contribution in [1.82, 2.24) is 4.90 Å². The Bertz CT molecular complexity index is 560. The SMILES string of the molecule is C=C(CN(CCCC)CC1=CC[C@@H]2C[C@H]1C2(C)C)P(=O)(OCC)OCC. The van der Waals surface area contributed by atoms with Gasteiger partial charge in [-0.05, 0) is 56.9 Å². The van der Waals surface area contributed by atoms with E-state index in [2.05, 4.69) is 38.3 Å². The maximum Gasteiger partial charge on any atom is 0.358 e. The average Bonchev–Trinajstić information content (AvgIpc) is 2.59. The summed E-state index contributed by atoms with van der Waals surface area (Å²) in [6.45, 7) is 18.0. The standard InChI is InChI=1S/C21H38NO3P/c1-7-10-13-22(15-17(4)26(23,24-8-2)25-9-3)16-18-11-12-19-14-20(18)21(19,5)6/h11,19-20H,4,7-10,12-16H2,1-3,5-6H3/t19-,20-/m1/s1. The average molecular weight is 384 g/mol. The summed E-state index contributed by atoms with van der Waals surface area (Å²) >= 11 is 0. The van der Waals surface area contributed by atoms with Gasteiger partial charge in [-0.1, -0.05) is 45.4 Å². The molecule has 2 bridgehead atoms. The molecule has 5 heteroatoms. The summed E-state index contributed by atoms with van der Waals surface area (Å²) in [5.74, 6) is 1.55. The van der Waals surface area contributed by atoms with Crippen LogP contribution in [0.2, 0.25) is 0 Å². The van der Waals surface area contributed by atoms with Crippen LogP contribution in [0.3, 0.4) is 0 Å². The smallest absolute Gasteiger partial charge is 0.306 e. The van der Waals surface area contributed by atoms with E-state index in [-0.39, 0.29) is 0 Å². The molecule has 0 spiro atoms. The molecule has 0 radical (unpaired) electrons. The van der Waals surface area contributed by atoms with E-state index in [0.717, 1.165) is 31.8 Å². The van der Waals surface area contributed by atoms with Crippen molar-refractivity contribution in [3.8, 4) is 0 Å². The number of hydrogen-bond acceptors (Lipinski definition) is 4. The molecule has 4 nitrogen and oxygen atoms in total. The number of rotatable bonds is 12. The quantitative estimate of drug-likeness (QED) is 0.312. The summed E-state index contributed by atoms with van der Waals surface area (Å²) in [6, 6.07) is 0. The van der Waals surface area contributed by atoms with Crippen LogP contribution in [0.5, 0.6) is 0 Å².